The number of hydrogen-bond donors (Lipinski definition) is 1. The van der Waals surface area contributed by atoms with Crippen molar-refractivity contribution in [1.82, 2.24) is 4.98 Å². The lowest BCUT2D eigenvalue weighted by molar-refractivity contribution is 0.101. The average molecular weight is 236 g/mol. The van der Waals surface area contributed by atoms with Crippen molar-refractivity contribution in [2.24, 2.45) is 0 Å². The first-order valence-electron chi connectivity index (χ1n) is 4.84. The van der Waals surface area contributed by atoms with E-state index in [-0.39, 0.29) is 16.8 Å². The fourth-order valence-corrected chi connectivity index (χ4v) is 1.98. The van der Waals surface area contributed by atoms with Crippen LogP contribution in [0, 0.1) is 6.92 Å². The van der Waals surface area contributed by atoms with E-state index in [0.717, 1.165) is 0 Å². The number of aromatic amines is 1. The zero-order valence-corrected chi connectivity index (χ0v) is 9.68. The van der Waals surface area contributed by atoms with Gasteiger partial charge in [-0.3, -0.25) is 9.59 Å². The number of carbonyl (C=O) groups is 1. The SMILES string of the molecule is CC(=O)c1c(C)[nH]c2ccc(Cl)cc2c1=O. The first-order chi connectivity index (χ1) is 7.50. The molecule has 0 fully saturated rings. The van der Waals surface area contributed by atoms with Gasteiger partial charge in [-0.1, -0.05) is 11.6 Å². The fourth-order valence-electron chi connectivity index (χ4n) is 1.81. The third-order valence-electron chi connectivity index (χ3n) is 2.50. The van der Waals surface area contributed by atoms with Crippen LogP contribution < -0.4 is 5.43 Å². The Morgan fingerprint density at radius 2 is 2.06 bits per heavy atom. The summed E-state index contributed by atoms with van der Waals surface area (Å²) in [7, 11) is 0. The van der Waals surface area contributed by atoms with E-state index in [2.05, 4.69) is 4.98 Å². The Bertz CT molecular complexity index is 643. The third kappa shape index (κ3) is 1.63. The Hall–Kier alpha value is -1.61. The number of aromatic nitrogens is 1. The van der Waals surface area contributed by atoms with Crippen molar-refractivity contribution in [3.8, 4) is 0 Å². The van der Waals surface area contributed by atoms with Crippen LogP contribution in [0.25, 0.3) is 10.9 Å². The highest BCUT2D eigenvalue weighted by molar-refractivity contribution is 6.31. The number of pyridine rings is 1. The van der Waals surface area contributed by atoms with E-state index in [9.17, 15) is 9.59 Å². The van der Waals surface area contributed by atoms with Crippen LogP contribution in [0.15, 0.2) is 23.0 Å². The molecule has 1 aromatic carbocycles. The highest BCUT2D eigenvalue weighted by atomic mass is 35.5. The number of hydrogen-bond acceptors (Lipinski definition) is 2. The molecule has 0 saturated heterocycles. The second kappa shape index (κ2) is 3.76. The minimum absolute atomic E-state index is 0.203. The summed E-state index contributed by atoms with van der Waals surface area (Å²) in [5, 5.41) is 0.930. The Kier molecular flexibility index (Phi) is 2.56. The van der Waals surface area contributed by atoms with Crippen molar-refractivity contribution < 1.29 is 4.79 Å². The summed E-state index contributed by atoms with van der Waals surface area (Å²) in [6.07, 6.45) is 0. The molecule has 16 heavy (non-hydrogen) atoms. The molecule has 4 heteroatoms. The van der Waals surface area contributed by atoms with Gasteiger partial charge in [0, 0.05) is 21.6 Å². The molecule has 0 aliphatic heterocycles. The molecule has 0 bridgehead atoms. The average Bonchev–Trinajstić information content (AvgIpc) is 2.19. The van der Waals surface area contributed by atoms with Crippen LogP contribution in [0.2, 0.25) is 5.02 Å². The minimum Gasteiger partial charge on any atom is -0.358 e. The fraction of sp³-hybridized carbons (Fsp3) is 0.167. The first kappa shape index (κ1) is 10.9. The Balaban J connectivity index is 2.96. The van der Waals surface area contributed by atoms with E-state index in [1.165, 1.54) is 6.92 Å². The van der Waals surface area contributed by atoms with Gasteiger partial charge in [0.05, 0.1) is 5.56 Å². The minimum atomic E-state index is -0.263. The summed E-state index contributed by atoms with van der Waals surface area (Å²) in [6.45, 7) is 3.10. The predicted octanol–water partition coefficient (Wildman–Crippen LogP) is 2.69. The normalized spacial score (nSPS) is 10.7. The Morgan fingerprint density at radius 1 is 1.38 bits per heavy atom. The molecule has 1 heterocycles. The van der Waals surface area contributed by atoms with Crippen molar-refractivity contribution in [1.29, 1.82) is 0 Å². The zero-order valence-electron chi connectivity index (χ0n) is 8.93. The number of aryl methyl sites for hydroxylation is 1. The van der Waals surface area contributed by atoms with Crippen LogP contribution in [-0.2, 0) is 0 Å². The maximum atomic E-state index is 12.0. The summed E-state index contributed by atoms with van der Waals surface area (Å²) < 4.78 is 0. The second-order valence-corrected chi connectivity index (χ2v) is 4.14. The smallest absolute Gasteiger partial charge is 0.200 e. The number of nitrogens with one attached hydrogen (secondary N) is 1. The van der Waals surface area contributed by atoms with Crippen molar-refractivity contribution in [2.45, 2.75) is 13.8 Å². The quantitative estimate of drug-likeness (QED) is 0.773. The van der Waals surface area contributed by atoms with Gasteiger partial charge in [0.15, 0.2) is 11.2 Å². The predicted molar refractivity (Wildman–Crippen MR) is 64.3 cm³/mol. The van der Waals surface area contributed by atoms with Crippen molar-refractivity contribution >= 4 is 28.3 Å². The standard InChI is InChI=1S/C12H10ClNO2/c1-6-11(7(2)15)12(16)9-5-8(13)3-4-10(9)14-6/h3-5H,1-2H3,(H,14,16). The summed E-state index contributed by atoms with van der Waals surface area (Å²) in [4.78, 5) is 26.4. The number of halogens is 1. The molecule has 2 rings (SSSR count). The highest BCUT2D eigenvalue weighted by Crippen LogP contribution is 2.16. The number of H-pyrrole nitrogens is 1. The first-order valence-corrected chi connectivity index (χ1v) is 5.21. The van der Waals surface area contributed by atoms with Crippen LogP contribution >= 0.6 is 11.6 Å². The lowest BCUT2D eigenvalue weighted by Crippen LogP contribution is -2.16. The summed E-state index contributed by atoms with van der Waals surface area (Å²) in [5.74, 6) is -0.236. The Labute approximate surface area is 97.1 Å². The van der Waals surface area contributed by atoms with Crippen LogP contribution in [0.1, 0.15) is 23.0 Å². The molecule has 0 saturated carbocycles. The van der Waals surface area contributed by atoms with Crippen LogP contribution in [0.3, 0.4) is 0 Å². The Morgan fingerprint density at radius 3 is 2.69 bits per heavy atom. The molecule has 3 nitrogen and oxygen atoms in total. The molecule has 1 N–H and O–H groups in total. The molecular weight excluding hydrogens is 226 g/mol. The van der Waals surface area contributed by atoms with Gasteiger partial charge in [0.25, 0.3) is 0 Å². The van der Waals surface area contributed by atoms with Gasteiger partial charge < -0.3 is 4.98 Å². The summed E-state index contributed by atoms with van der Waals surface area (Å²) in [6, 6.07) is 5.00. The molecule has 82 valence electrons. The molecule has 0 amide bonds. The van der Waals surface area contributed by atoms with Gasteiger partial charge in [-0.25, -0.2) is 0 Å². The van der Waals surface area contributed by atoms with Crippen molar-refractivity contribution in [3.05, 3.63) is 44.7 Å². The molecular formula is C12H10ClNO2. The molecule has 0 atom stereocenters. The van der Waals surface area contributed by atoms with E-state index in [1.807, 2.05) is 0 Å². The van der Waals surface area contributed by atoms with Crippen LogP contribution in [0.5, 0.6) is 0 Å². The highest BCUT2D eigenvalue weighted by Gasteiger charge is 2.12. The van der Waals surface area contributed by atoms with Gasteiger partial charge in [-0.15, -0.1) is 0 Å². The second-order valence-electron chi connectivity index (χ2n) is 3.70. The molecule has 0 aliphatic carbocycles. The maximum absolute atomic E-state index is 12.0. The maximum Gasteiger partial charge on any atom is 0.200 e. The van der Waals surface area contributed by atoms with Gasteiger partial charge in [-0.05, 0) is 32.0 Å². The van der Waals surface area contributed by atoms with Crippen molar-refractivity contribution in [3.63, 3.8) is 0 Å². The van der Waals surface area contributed by atoms with Crippen LogP contribution in [0.4, 0.5) is 0 Å². The number of Topliss-reactive ketones (excluding diaryl/α,β-unsaturated/α-hetero) is 1. The molecule has 0 radical (unpaired) electrons. The number of benzene rings is 1. The molecule has 0 unspecified atom stereocenters. The van der Waals surface area contributed by atoms with E-state index < -0.39 is 0 Å². The van der Waals surface area contributed by atoms with E-state index >= 15 is 0 Å². The van der Waals surface area contributed by atoms with E-state index in [4.69, 9.17) is 11.6 Å². The topological polar surface area (TPSA) is 49.9 Å². The number of carbonyl (C=O) groups excluding carboxylic acids is 1. The number of ketones is 1. The molecule has 2 aromatic rings. The van der Waals surface area contributed by atoms with Crippen molar-refractivity contribution in [2.75, 3.05) is 0 Å². The third-order valence-corrected chi connectivity index (χ3v) is 2.74. The van der Waals surface area contributed by atoms with Gasteiger partial charge >= 0.3 is 0 Å². The van der Waals surface area contributed by atoms with E-state index in [0.29, 0.717) is 21.6 Å². The monoisotopic (exact) mass is 235 g/mol. The lowest BCUT2D eigenvalue weighted by Gasteiger charge is -2.05. The van der Waals surface area contributed by atoms with E-state index in [1.54, 1.807) is 25.1 Å². The lowest BCUT2D eigenvalue weighted by atomic mass is 10.1. The molecule has 0 spiro atoms. The zero-order chi connectivity index (χ0) is 11.9. The number of fused-ring (bicyclic) bond motifs is 1. The summed E-state index contributed by atoms with van der Waals surface area (Å²) in [5.41, 5.74) is 1.22. The molecule has 1 aromatic heterocycles. The van der Waals surface area contributed by atoms with Gasteiger partial charge in [0.2, 0.25) is 0 Å². The van der Waals surface area contributed by atoms with Crippen LogP contribution in [-0.4, -0.2) is 10.8 Å². The number of rotatable bonds is 1. The van der Waals surface area contributed by atoms with Gasteiger partial charge in [0.1, 0.15) is 0 Å². The molecule has 0 aliphatic rings. The largest absolute Gasteiger partial charge is 0.358 e. The van der Waals surface area contributed by atoms with Gasteiger partial charge in [-0.2, -0.15) is 0 Å². The summed E-state index contributed by atoms with van der Waals surface area (Å²) >= 11 is 5.82.